The second-order valence-corrected chi connectivity index (χ2v) is 10.2. The number of nitrogens with zero attached hydrogens (tertiary/aromatic N) is 2. The zero-order valence-corrected chi connectivity index (χ0v) is 17.4. The molecule has 0 unspecified atom stereocenters. The summed E-state index contributed by atoms with van der Waals surface area (Å²) in [6.45, 7) is 4.04. The first-order valence-electron chi connectivity index (χ1n) is 8.75. The minimum Gasteiger partial charge on any atom is -0.325 e. The lowest BCUT2D eigenvalue weighted by atomic mass is 10.1. The third kappa shape index (κ3) is 4.89. The van der Waals surface area contributed by atoms with E-state index in [0.717, 1.165) is 29.0 Å². The van der Waals surface area contributed by atoms with Crippen molar-refractivity contribution in [2.45, 2.75) is 17.6 Å². The highest BCUT2D eigenvalue weighted by atomic mass is 35.5. The van der Waals surface area contributed by atoms with E-state index in [4.69, 9.17) is 11.6 Å². The number of nitrogens with one attached hydrogen (secondary N) is 1. The summed E-state index contributed by atoms with van der Waals surface area (Å²) in [5.41, 5.74) is 1.93. The fourth-order valence-electron chi connectivity index (χ4n) is 3.03. The van der Waals surface area contributed by atoms with Crippen LogP contribution >= 0.6 is 22.9 Å². The van der Waals surface area contributed by atoms with Gasteiger partial charge in [0.15, 0.2) is 0 Å². The topological polar surface area (TPSA) is 69.7 Å². The van der Waals surface area contributed by atoms with Crippen LogP contribution in [0.3, 0.4) is 0 Å². The minimum absolute atomic E-state index is 0.0859. The molecule has 3 rings (SSSR count). The Bertz CT molecular complexity index is 906. The molecule has 9 heteroatoms. The average molecular weight is 428 g/mol. The predicted molar refractivity (Wildman–Crippen MR) is 109 cm³/mol. The van der Waals surface area contributed by atoms with Crippen LogP contribution in [-0.2, 0) is 21.2 Å². The summed E-state index contributed by atoms with van der Waals surface area (Å²) in [7, 11) is -3.51. The van der Waals surface area contributed by atoms with E-state index in [1.807, 2.05) is 36.1 Å². The third-order valence-electron chi connectivity index (χ3n) is 4.51. The second kappa shape index (κ2) is 8.70. The van der Waals surface area contributed by atoms with Gasteiger partial charge in [-0.15, -0.1) is 11.3 Å². The number of halogens is 1. The zero-order valence-electron chi connectivity index (χ0n) is 15.0. The van der Waals surface area contributed by atoms with E-state index in [0.29, 0.717) is 30.5 Å². The number of amides is 1. The maximum atomic E-state index is 12.6. The Kier molecular flexibility index (Phi) is 6.54. The zero-order chi connectivity index (χ0) is 19.4. The summed E-state index contributed by atoms with van der Waals surface area (Å²) < 4.78 is 27.4. The van der Waals surface area contributed by atoms with Gasteiger partial charge < -0.3 is 5.32 Å². The molecular weight excluding hydrogens is 406 g/mol. The number of rotatable bonds is 6. The molecule has 0 atom stereocenters. The Morgan fingerprint density at radius 1 is 1.15 bits per heavy atom. The number of piperazine rings is 1. The van der Waals surface area contributed by atoms with Crippen molar-refractivity contribution in [2.75, 3.05) is 38.0 Å². The third-order valence-corrected chi connectivity index (χ3v) is 8.11. The van der Waals surface area contributed by atoms with Gasteiger partial charge in [-0.25, -0.2) is 8.42 Å². The molecule has 1 aliphatic heterocycles. The van der Waals surface area contributed by atoms with E-state index in [2.05, 4.69) is 5.32 Å². The van der Waals surface area contributed by atoms with Gasteiger partial charge in [0, 0.05) is 31.9 Å². The van der Waals surface area contributed by atoms with Crippen molar-refractivity contribution in [1.82, 2.24) is 9.21 Å². The van der Waals surface area contributed by atoms with Crippen molar-refractivity contribution >= 4 is 44.6 Å². The van der Waals surface area contributed by atoms with Crippen LogP contribution in [0.5, 0.6) is 0 Å². The van der Waals surface area contributed by atoms with E-state index >= 15 is 0 Å². The van der Waals surface area contributed by atoms with E-state index < -0.39 is 10.0 Å². The van der Waals surface area contributed by atoms with Gasteiger partial charge >= 0.3 is 0 Å². The standard InChI is InChI=1S/C18H22ClN3O3S2/c1-2-14-5-3-4-6-15(14)20-17(23)13-21-9-11-22(12-10-21)27(24,25)18-8-7-16(19)26-18/h3-8H,2,9-13H2,1H3,(H,20,23). The number of hydrogen-bond donors (Lipinski definition) is 1. The first kappa shape index (κ1) is 20.3. The Morgan fingerprint density at radius 3 is 2.48 bits per heavy atom. The molecule has 27 heavy (non-hydrogen) atoms. The predicted octanol–water partition coefficient (Wildman–Crippen LogP) is 2.91. The van der Waals surface area contributed by atoms with E-state index in [-0.39, 0.29) is 16.7 Å². The molecule has 146 valence electrons. The van der Waals surface area contributed by atoms with Crippen LogP contribution in [0.4, 0.5) is 5.69 Å². The first-order valence-corrected chi connectivity index (χ1v) is 11.4. The molecule has 0 bridgehead atoms. The Hall–Kier alpha value is -1.45. The molecule has 1 amide bonds. The van der Waals surface area contributed by atoms with Crippen molar-refractivity contribution in [2.24, 2.45) is 0 Å². The minimum atomic E-state index is -3.51. The number of aryl methyl sites for hydroxylation is 1. The van der Waals surface area contributed by atoms with Crippen LogP contribution in [0.25, 0.3) is 0 Å². The smallest absolute Gasteiger partial charge is 0.252 e. The molecule has 1 saturated heterocycles. The van der Waals surface area contributed by atoms with Crippen LogP contribution in [0.2, 0.25) is 4.34 Å². The van der Waals surface area contributed by atoms with Crippen LogP contribution in [-0.4, -0.2) is 56.3 Å². The maximum absolute atomic E-state index is 12.6. The normalized spacial score (nSPS) is 16.4. The molecule has 1 fully saturated rings. The molecule has 6 nitrogen and oxygen atoms in total. The number of thiophene rings is 1. The molecule has 1 aliphatic rings. The number of sulfonamides is 1. The summed E-state index contributed by atoms with van der Waals surface area (Å²) in [6.07, 6.45) is 0.847. The van der Waals surface area contributed by atoms with Gasteiger partial charge in [0.2, 0.25) is 5.91 Å². The van der Waals surface area contributed by atoms with Crippen molar-refractivity contribution in [1.29, 1.82) is 0 Å². The highest BCUT2D eigenvalue weighted by Crippen LogP contribution is 2.28. The molecule has 1 N–H and O–H groups in total. The Balaban J connectivity index is 1.54. The fourth-order valence-corrected chi connectivity index (χ4v) is 6.09. The molecule has 1 aromatic heterocycles. The van der Waals surface area contributed by atoms with E-state index in [9.17, 15) is 13.2 Å². The highest BCUT2D eigenvalue weighted by Gasteiger charge is 2.30. The molecule has 0 spiro atoms. The summed E-state index contributed by atoms with van der Waals surface area (Å²) in [4.78, 5) is 14.3. The Labute approximate surface area is 168 Å². The summed E-state index contributed by atoms with van der Waals surface area (Å²) in [5.74, 6) is -0.0859. The molecule has 2 heterocycles. The van der Waals surface area contributed by atoms with Crippen LogP contribution in [0, 0.1) is 0 Å². The number of hydrogen-bond acceptors (Lipinski definition) is 5. The van der Waals surface area contributed by atoms with E-state index in [1.54, 1.807) is 6.07 Å². The number of anilines is 1. The monoisotopic (exact) mass is 427 g/mol. The number of carbonyl (C=O) groups excluding carboxylic acids is 1. The molecule has 2 aromatic rings. The molecule has 1 aromatic carbocycles. The van der Waals surface area contributed by atoms with Gasteiger partial charge in [-0.05, 0) is 30.2 Å². The van der Waals surface area contributed by atoms with Crippen molar-refractivity contribution in [3.8, 4) is 0 Å². The van der Waals surface area contributed by atoms with Gasteiger partial charge in [-0.1, -0.05) is 36.7 Å². The summed E-state index contributed by atoms with van der Waals surface area (Å²) >= 11 is 6.92. The highest BCUT2D eigenvalue weighted by molar-refractivity contribution is 7.91. The Morgan fingerprint density at radius 2 is 1.85 bits per heavy atom. The molecule has 0 radical (unpaired) electrons. The summed E-state index contributed by atoms with van der Waals surface area (Å²) in [5, 5.41) is 2.95. The van der Waals surface area contributed by atoms with Gasteiger partial charge in [0.05, 0.1) is 10.9 Å². The largest absolute Gasteiger partial charge is 0.325 e. The molecular formula is C18H22ClN3O3S2. The van der Waals surface area contributed by atoms with Crippen molar-refractivity contribution in [3.05, 3.63) is 46.3 Å². The lowest BCUT2D eigenvalue weighted by molar-refractivity contribution is -0.117. The first-order chi connectivity index (χ1) is 12.9. The van der Waals surface area contributed by atoms with Crippen LogP contribution in [0.15, 0.2) is 40.6 Å². The quantitative estimate of drug-likeness (QED) is 0.769. The number of para-hydroxylation sites is 1. The van der Waals surface area contributed by atoms with Gasteiger partial charge in [0.25, 0.3) is 10.0 Å². The van der Waals surface area contributed by atoms with Crippen LogP contribution < -0.4 is 5.32 Å². The molecule has 0 aliphatic carbocycles. The van der Waals surface area contributed by atoms with Gasteiger partial charge in [0.1, 0.15) is 4.21 Å². The van der Waals surface area contributed by atoms with Crippen LogP contribution in [0.1, 0.15) is 12.5 Å². The van der Waals surface area contributed by atoms with Gasteiger partial charge in [-0.3, -0.25) is 9.69 Å². The average Bonchev–Trinajstić information content (AvgIpc) is 3.10. The lowest BCUT2D eigenvalue weighted by Gasteiger charge is -2.33. The molecule has 0 saturated carbocycles. The SMILES string of the molecule is CCc1ccccc1NC(=O)CN1CCN(S(=O)(=O)c2ccc(Cl)s2)CC1. The number of benzene rings is 1. The lowest BCUT2D eigenvalue weighted by Crippen LogP contribution is -2.50. The fraction of sp³-hybridized carbons (Fsp3) is 0.389. The summed E-state index contributed by atoms with van der Waals surface area (Å²) in [6, 6.07) is 10.9. The van der Waals surface area contributed by atoms with Crippen molar-refractivity contribution in [3.63, 3.8) is 0 Å². The second-order valence-electron chi connectivity index (χ2n) is 6.30. The van der Waals surface area contributed by atoms with Gasteiger partial charge in [-0.2, -0.15) is 4.31 Å². The maximum Gasteiger partial charge on any atom is 0.252 e. The number of carbonyl (C=O) groups is 1. The van der Waals surface area contributed by atoms with Crippen molar-refractivity contribution < 1.29 is 13.2 Å². The van der Waals surface area contributed by atoms with E-state index in [1.165, 1.54) is 10.4 Å².